The number of aromatic nitrogens is 3. The second-order valence-corrected chi connectivity index (χ2v) is 8.21. The maximum absolute atomic E-state index is 12.4. The van der Waals surface area contributed by atoms with Crippen LogP contribution in [0, 0.1) is 6.92 Å². The molecule has 0 fully saturated rings. The van der Waals surface area contributed by atoms with Gasteiger partial charge in [0.05, 0.1) is 5.25 Å². The Morgan fingerprint density at radius 3 is 2.42 bits per heavy atom. The van der Waals surface area contributed by atoms with Gasteiger partial charge in [0.25, 0.3) is 0 Å². The van der Waals surface area contributed by atoms with E-state index in [1.54, 1.807) is 0 Å². The number of hydrogen-bond acceptors (Lipinski definition) is 4. The first-order valence-electron chi connectivity index (χ1n) is 8.13. The molecule has 1 aromatic heterocycles. The number of carbonyl (C=O) groups excluding carboxylic acids is 1. The molecule has 7 heteroatoms. The van der Waals surface area contributed by atoms with Crippen molar-refractivity contribution in [2.75, 3.05) is 5.32 Å². The van der Waals surface area contributed by atoms with Crippen LogP contribution in [0.5, 0.6) is 0 Å². The van der Waals surface area contributed by atoms with E-state index in [9.17, 15) is 4.79 Å². The SMILES string of the molecule is Cc1ccc(-c2nnc(SC(C)C(=O)Nc3ccc(Br)cc3)n2C)cc1. The summed E-state index contributed by atoms with van der Waals surface area (Å²) in [4.78, 5) is 12.4. The maximum atomic E-state index is 12.4. The summed E-state index contributed by atoms with van der Waals surface area (Å²) in [5.74, 6) is 0.713. The number of rotatable bonds is 5. The second kappa shape index (κ2) is 8.05. The molecule has 0 aliphatic carbocycles. The molecule has 5 nitrogen and oxygen atoms in total. The molecule has 1 unspecified atom stereocenters. The fourth-order valence-corrected chi connectivity index (χ4v) is 3.44. The Balaban J connectivity index is 1.69. The molecule has 1 amide bonds. The molecular weight excluding hydrogens is 412 g/mol. The quantitative estimate of drug-likeness (QED) is 0.597. The first-order valence-corrected chi connectivity index (χ1v) is 9.81. The Morgan fingerprint density at radius 2 is 1.77 bits per heavy atom. The van der Waals surface area contributed by atoms with E-state index >= 15 is 0 Å². The van der Waals surface area contributed by atoms with Crippen LogP contribution >= 0.6 is 27.7 Å². The van der Waals surface area contributed by atoms with Gasteiger partial charge in [-0.3, -0.25) is 4.79 Å². The van der Waals surface area contributed by atoms with E-state index < -0.39 is 0 Å². The molecule has 0 radical (unpaired) electrons. The van der Waals surface area contributed by atoms with Gasteiger partial charge < -0.3 is 9.88 Å². The van der Waals surface area contributed by atoms with Gasteiger partial charge in [-0.2, -0.15) is 0 Å². The predicted octanol–water partition coefficient (Wildman–Crippen LogP) is 4.67. The molecule has 0 spiro atoms. The highest BCUT2D eigenvalue weighted by Gasteiger charge is 2.19. The average molecular weight is 431 g/mol. The molecule has 0 aliphatic rings. The lowest BCUT2D eigenvalue weighted by atomic mass is 10.1. The van der Waals surface area contributed by atoms with Crippen molar-refractivity contribution in [3.63, 3.8) is 0 Å². The van der Waals surface area contributed by atoms with Gasteiger partial charge in [-0.15, -0.1) is 10.2 Å². The molecule has 3 aromatic rings. The van der Waals surface area contributed by atoms with Crippen molar-refractivity contribution in [3.8, 4) is 11.4 Å². The molecule has 0 saturated heterocycles. The number of thioether (sulfide) groups is 1. The van der Waals surface area contributed by atoms with Crippen LogP contribution in [0.3, 0.4) is 0 Å². The number of hydrogen-bond donors (Lipinski definition) is 1. The number of anilines is 1. The fraction of sp³-hybridized carbons (Fsp3) is 0.211. The molecule has 3 rings (SSSR count). The van der Waals surface area contributed by atoms with Crippen LogP contribution in [-0.2, 0) is 11.8 Å². The van der Waals surface area contributed by atoms with E-state index in [1.807, 2.05) is 74.0 Å². The summed E-state index contributed by atoms with van der Waals surface area (Å²) in [6.07, 6.45) is 0. The molecule has 0 aliphatic heterocycles. The van der Waals surface area contributed by atoms with Crippen molar-refractivity contribution >= 4 is 39.3 Å². The molecule has 0 saturated carbocycles. The van der Waals surface area contributed by atoms with Gasteiger partial charge in [-0.05, 0) is 38.1 Å². The molecular formula is C19H19BrN4OS. The summed E-state index contributed by atoms with van der Waals surface area (Å²) >= 11 is 4.77. The van der Waals surface area contributed by atoms with Crippen molar-refractivity contribution in [2.24, 2.45) is 7.05 Å². The number of benzene rings is 2. The highest BCUT2D eigenvalue weighted by Crippen LogP contribution is 2.26. The van der Waals surface area contributed by atoms with Crippen LogP contribution in [0.2, 0.25) is 0 Å². The summed E-state index contributed by atoms with van der Waals surface area (Å²) in [5, 5.41) is 11.8. The number of amides is 1. The Bertz CT molecular complexity index is 906. The summed E-state index contributed by atoms with van der Waals surface area (Å²) < 4.78 is 2.89. The van der Waals surface area contributed by atoms with Gasteiger partial charge >= 0.3 is 0 Å². The van der Waals surface area contributed by atoms with Crippen LogP contribution in [-0.4, -0.2) is 25.9 Å². The van der Waals surface area contributed by atoms with Crippen molar-refractivity contribution in [2.45, 2.75) is 24.3 Å². The van der Waals surface area contributed by atoms with Crippen LogP contribution in [0.15, 0.2) is 58.2 Å². The van der Waals surface area contributed by atoms with Gasteiger partial charge in [0.15, 0.2) is 11.0 Å². The third-order valence-corrected chi connectivity index (χ3v) is 5.57. The number of aryl methyl sites for hydroxylation is 1. The molecule has 134 valence electrons. The van der Waals surface area contributed by atoms with E-state index in [-0.39, 0.29) is 11.2 Å². The zero-order chi connectivity index (χ0) is 18.7. The van der Waals surface area contributed by atoms with E-state index in [1.165, 1.54) is 17.3 Å². The molecule has 1 N–H and O–H groups in total. The third kappa shape index (κ3) is 4.34. The van der Waals surface area contributed by atoms with Gasteiger partial charge in [0.2, 0.25) is 5.91 Å². The van der Waals surface area contributed by atoms with Crippen molar-refractivity contribution < 1.29 is 4.79 Å². The Hall–Kier alpha value is -2.12. The zero-order valence-electron chi connectivity index (χ0n) is 14.7. The topological polar surface area (TPSA) is 59.8 Å². The smallest absolute Gasteiger partial charge is 0.237 e. The van der Waals surface area contributed by atoms with Crippen molar-refractivity contribution in [3.05, 3.63) is 58.6 Å². The number of nitrogens with zero attached hydrogens (tertiary/aromatic N) is 3. The largest absolute Gasteiger partial charge is 0.325 e. The lowest BCUT2D eigenvalue weighted by molar-refractivity contribution is -0.115. The minimum Gasteiger partial charge on any atom is -0.325 e. The number of nitrogens with one attached hydrogen (secondary N) is 1. The summed E-state index contributed by atoms with van der Waals surface area (Å²) in [5.41, 5.74) is 2.97. The van der Waals surface area contributed by atoms with E-state index in [2.05, 4.69) is 31.4 Å². The first-order chi connectivity index (χ1) is 12.4. The maximum Gasteiger partial charge on any atom is 0.237 e. The lowest BCUT2D eigenvalue weighted by Gasteiger charge is -2.12. The summed E-state index contributed by atoms with van der Waals surface area (Å²) in [7, 11) is 1.91. The van der Waals surface area contributed by atoms with Gasteiger partial charge in [0, 0.05) is 22.8 Å². The van der Waals surface area contributed by atoms with E-state index in [0.717, 1.165) is 21.5 Å². The van der Waals surface area contributed by atoms with Gasteiger partial charge in [-0.1, -0.05) is 57.5 Å². The normalized spacial score (nSPS) is 12.0. The third-order valence-electron chi connectivity index (χ3n) is 3.91. The Labute approximate surface area is 165 Å². The van der Waals surface area contributed by atoms with Gasteiger partial charge in [0.1, 0.15) is 0 Å². The first kappa shape index (κ1) is 18.7. The second-order valence-electron chi connectivity index (χ2n) is 5.99. The molecule has 0 bridgehead atoms. The summed E-state index contributed by atoms with van der Waals surface area (Å²) in [6.45, 7) is 3.91. The highest BCUT2D eigenvalue weighted by atomic mass is 79.9. The minimum absolute atomic E-state index is 0.0720. The average Bonchev–Trinajstić information content (AvgIpc) is 2.98. The molecule has 1 atom stereocenters. The molecule has 26 heavy (non-hydrogen) atoms. The summed E-state index contributed by atoms with van der Waals surface area (Å²) in [6, 6.07) is 15.6. The lowest BCUT2D eigenvalue weighted by Crippen LogP contribution is -2.22. The van der Waals surface area contributed by atoms with Gasteiger partial charge in [-0.25, -0.2) is 0 Å². The van der Waals surface area contributed by atoms with Crippen LogP contribution in [0.1, 0.15) is 12.5 Å². The zero-order valence-corrected chi connectivity index (χ0v) is 17.1. The monoisotopic (exact) mass is 430 g/mol. The standard InChI is InChI=1S/C19H19BrN4OS/c1-12-4-6-14(7-5-12)17-22-23-19(24(17)3)26-13(2)18(25)21-16-10-8-15(20)9-11-16/h4-11,13H,1-3H3,(H,21,25). The van der Waals surface area contributed by atoms with E-state index in [4.69, 9.17) is 0 Å². The number of halogens is 1. The van der Waals surface area contributed by atoms with Crippen molar-refractivity contribution in [1.82, 2.24) is 14.8 Å². The fourth-order valence-electron chi connectivity index (χ4n) is 2.36. The Morgan fingerprint density at radius 1 is 1.12 bits per heavy atom. The predicted molar refractivity (Wildman–Crippen MR) is 109 cm³/mol. The van der Waals surface area contributed by atoms with E-state index in [0.29, 0.717) is 5.16 Å². The molecule has 2 aromatic carbocycles. The van der Waals surface area contributed by atoms with Crippen LogP contribution in [0.4, 0.5) is 5.69 Å². The van der Waals surface area contributed by atoms with Crippen molar-refractivity contribution in [1.29, 1.82) is 0 Å². The molecule has 1 heterocycles. The highest BCUT2D eigenvalue weighted by molar-refractivity contribution is 9.10. The van der Waals surface area contributed by atoms with Crippen LogP contribution < -0.4 is 5.32 Å². The minimum atomic E-state index is -0.299. The van der Waals surface area contributed by atoms with Crippen LogP contribution in [0.25, 0.3) is 11.4 Å². The number of carbonyl (C=O) groups is 1. The Kier molecular flexibility index (Phi) is 5.78.